The van der Waals surface area contributed by atoms with E-state index in [0.29, 0.717) is 41.7 Å². The minimum absolute atomic E-state index is 0.0305. The number of carbonyl (C=O) groups excluding carboxylic acids is 2. The summed E-state index contributed by atoms with van der Waals surface area (Å²) in [6.07, 6.45) is 1.21. The predicted molar refractivity (Wildman–Crippen MR) is 130 cm³/mol. The number of hydrogen-bond donors (Lipinski definition) is 2. The Morgan fingerprint density at radius 3 is 2.64 bits per heavy atom. The van der Waals surface area contributed by atoms with Gasteiger partial charge in [0.1, 0.15) is 18.4 Å². The third-order valence-corrected chi connectivity index (χ3v) is 7.59. The summed E-state index contributed by atoms with van der Waals surface area (Å²) in [5.41, 5.74) is 8.89. The van der Waals surface area contributed by atoms with Gasteiger partial charge in [0.05, 0.1) is 19.3 Å². The van der Waals surface area contributed by atoms with Crippen LogP contribution in [0.15, 0.2) is 42.5 Å². The summed E-state index contributed by atoms with van der Waals surface area (Å²) < 4.78 is 11.8. The van der Waals surface area contributed by atoms with Crippen LogP contribution in [0.3, 0.4) is 0 Å². The lowest BCUT2D eigenvalue weighted by Crippen LogP contribution is -2.45. The highest BCUT2D eigenvalue weighted by atomic mass is 16.5. The molecule has 5 rings (SSSR count). The Kier molecular flexibility index (Phi) is 6.68. The lowest BCUT2D eigenvalue weighted by Gasteiger charge is -2.32. The third-order valence-electron chi connectivity index (χ3n) is 7.59. The number of primary amides is 1. The molecule has 3 heterocycles. The zero-order valence-electron chi connectivity index (χ0n) is 20.3. The molecule has 3 unspecified atom stereocenters. The van der Waals surface area contributed by atoms with Gasteiger partial charge in [-0.15, -0.1) is 0 Å². The van der Waals surface area contributed by atoms with Crippen LogP contribution in [-0.4, -0.2) is 64.0 Å². The molecule has 0 radical (unpaired) electrons. The number of aliphatic carboxylic acids is 1. The number of benzene rings is 2. The Morgan fingerprint density at radius 2 is 2.00 bits per heavy atom. The van der Waals surface area contributed by atoms with Crippen molar-refractivity contribution in [3.8, 4) is 5.75 Å². The van der Waals surface area contributed by atoms with Crippen molar-refractivity contribution < 1.29 is 29.0 Å². The largest absolute Gasteiger partial charge is 0.489 e. The molecule has 9 heteroatoms. The van der Waals surface area contributed by atoms with Gasteiger partial charge in [-0.2, -0.15) is 0 Å². The van der Waals surface area contributed by atoms with Crippen molar-refractivity contribution in [2.75, 3.05) is 13.2 Å². The number of ether oxygens (including phenoxy) is 2. The van der Waals surface area contributed by atoms with Crippen molar-refractivity contribution >= 4 is 17.8 Å². The summed E-state index contributed by atoms with van der Waals surface area (Å²) in [7, 11) is 0. The summed E-state index contributed by atoms with van der Waals surface area (Å²) in [5, 5.41) is 8.99. The van der Waals surface area contributed by atoms with Crippen LogP contribution in [0.4, 0.5) is 0 Å². The Bertz CT molecular complexity index is 1170. The van der Waals surface area contributed by atoms with E-state index in [1.165, 1.54) is 10.5 Å². The van der Waals surface area contributed by atoms with Crippen molar-refractivity contribution in [2.45, 2.75) is 63.6 Å². The zero-order valence-corrected chi connectivity index (χ0v) is 20.3. The quantitative estimate of drug-likeness (QED) is 0.521. The first kappa shape index (κ1) is 24.3. The number of carboxylic acid groups (broad SMARTS) is 1. The molecule has 36 heavy (non-hydrogen) atoms. The van der Waals surface area contributed by atoms with Crippen LogP contribution in [0.25, 0.3) is 0 Å². The summed E-state index contributed by atoms with van der Waals surface area (Å²) >= 11 is 0. The second-order valence-electron chi connectivity index (χ2n) is 9.81. The maximum Gasteiger partial charge on any atom is 0.303 e. The van der Waals surface area contributed by atoms with Crippen LogP contribution in [0, 0.1) is 0 Å². The third kappa shape index (κ3) is 4.68. The highest BCUT2D eigenvalue weighted by molar-refractivity contribution is 6.01. The molecule has 2 fully saturated rings. The van der Waals surface area contributed by atoms with Crippen molar-refractivity contribution in [3.63, 3.8) is 0 Å². The maximum absolute atomic E-state index is 13.0. The van der Waals surface area contributed by atoms with Gasteiger partial charge in [0.25, 0.3) is 5.91 Å². The standard InChI is InChI=1S/C27H31N3O6/c1-16(29-12-20-11-19(29)15-35-20)18-7-5-17(6-8-18)14-36-24-4-2-3-21-22(24)13-30(27(21)34)23(26(28)33)9-10-25(31)32/h2-8,16,19-20,23H,9-15H2,1H3,(H2,28,33)(H,31,32)/t16?,19?,20?,23-/m0/s1. The number of hydrogen-bond acceptors (Lipinski definition) is 6. The van der Waals surface area contributed by atoms with Crippen LogP contribution in [0.5, 0.6) is 5.75 Å². The average molecular weight is 494 g/mol. The average Bonchev–Trinajstić information content (AvgIpc) is 3.58. The summed E-state index contributed by atoms with van der Waals surface area (Å²) in [6.45, 7) is 4.52. The zero-order chi connectivity index (χ0) is 25.4. The molecule has 3 aliphatic heterocycles. The van der Waals surface area contributed by atoms with E-state index in [9.17, 15) is 14.4 Å². The number of carboxylic acids is 1. The molecule has 0 aliphatic carbocycles. The number of amides is 2. The van der Waals surface area contributed by atoms with Crippen molar-refractivity contribution in [1.29, 1.82) is 0 Å². The first-order chi connectivity index (χ1) is 17.3. The first-order valence-corrected chi connectivity index (χ1v) is 12.3. The number of nitrogens with two attached hydrogens (primary N) is 1. The van der Waals surface area contributed by atoms with E-state index in [1.807, 2.05) is 0 Å². The number of carbonyl (C=O) groups is 3. The molecule has 2 saturated heterocycles. The first-order valence-electron chi connectivity index (χ1n) is 12.3. The number of nitrogens with zero attached hydrogens (tertiary/aromatic N) is 2. The normalized spacial score (nSPS) is 22.5. The Hall–Kier alpha value is -3.43. The van der Waals surface area contributed by atoms with Gasteiger partial charge in [-0.25, -0.2) is 0 Å². The predicted octanol–water partition coefficient (Wildman–Crippen LogP) is 2.47. The Balaban J connectivity index is 1.24. The molecule has 3 aliphatic rings. The molecule has 190 valence electrons. The summed E-state index contributed by atoms with van der Waals surface area (Å²) in [4.78, 5) is 39.8. The lowest BCUT2D eigenvalue weighted by molar-refractivity contribution is -0.137. The highest BCUT2D eigenvalue weighted by Crippen LogP contribution is 2.36. The number of rotatable bonds is 10. The number of likely N-dealkylation sites (tertiary alicyclic amines) is 1. The topological polar surface area (TPSA) is 122 Å². The lowest BCUT2D eigenvalue weighted by atomic mass is 10.0. The second kappa shape index (κ2) is 9.91. The molecule has 9 nitrogen and oxygen atoms in total. The molecule has 2 aromatic rings. The molecule has 2 amide bonds. The smallest absolute Gasteiger partial charge is 0.303 e. The molecule has 0 aromatic heterocycles. The fraction of sp³-hybridized carbons (Fsp3) is 0.444. The van der Waals surface area contributed by atoms with Gasteiger partial charge in [-0.3, -0.25) is 19.3 Å². The van der Waals surface area contributed by atoms with E-state index < -0.39 is 17.9 Å². The fourth-order valence-electron chi connectivity index (χ4n) is 5.57. The van der Waals surface area contributed by atoms with E-state index >= 15 is 0 Å². The van der Waals surface area contributed by atoms with Gasteiger partial charge >= 0.3 is 5.97 Å². The number of fused-ring (bicyclic) bond motifs is 3. The van der Waals surface area contributed by atoms with Gasteiger partial charge in [0.15, 0.2) is 0 Å². The second-order valence-corrected chi connectivity index (χ2v) is 9.81. The molecule has 2 aromatic carbocycles. The molecule has 0 saturated carbocycles. The van der Waals surface area contributed by atoms with Gasteiger partial charge in [-0.05, 0) is 43.0 Å². The molecular weight excluding hydrogens is 462 g/mol. The summed E-state index contributed by atoms with van der Waals surface area (Å²) in [5.74, 6) is -1.54. The Morgan fingerprint density at radius 1 is 1.22 bits per heavy atom. The van der Waals surface area contributed by atoms with E-state index in [2.05, 4.69) is 36.1 Å². The molecular formula is C27H31N3O6. The SMILES string of the molecule is CC(c1ccc(COc2cccc3c2CN([C@@H](CCC(=O)O)C(N)=O)C3=O)cc1)N1CC2CC1CO2. The Labute approximate surface area is 209 Å². The van der Waals surface area contributed by atoms with E-state index in [1.54, 1.807) is 18.2 Å². The highest BCUT2D eigenvalue weighted by Gasteiger charge is 2.41. The van der Waals surface area contributed by atoms with Gasteiger partial charge in [-0.1, -0.05) is 30.3 Å². The van der Waals surface area contributed by atoms with Crippen LogP contribution in [0.2, 0.25) is 0 Å². The van der Waals surface area contributed by atoms with E-state index in [4.69, 9.17) is 20.3 Å². The maximum atomic E-state index is 13.0. The molecule has 0 spiro atoms. The molecule has 2 bridgehead atoms. The van der Waals surface area contributed by atoms with E-state index in [0.717, 1.165) is 25.1 Å². The van der Waals surface area contributed by atoms with Gasteiger partial charge in [0, 0.05) is 36.2 Å². The van der Waals surface area contributed by atoms with E-state index in [-0.39, 0.29) is 25.3 Å². The molecule has 4 atom stereocenters. The van der Waals surface area contributed by atoms with Crippen LogP contribution < -0.4 is 10.5 Å². The number of morpholine rings is 1. The minimum atomic E-state index is -1.04. The minimum Gasteiger partial charge on any atom is -0.489 e. The fourth-order valence-corrected chi connectivity index (χ4v) is 5.57. The van der Waals surface area contributed by atoms with Crippen molar-refractivity contribution in [1.82, 2.24) is 9.80 Å². The van der Waals surface area contributed by atoms with Gasteiger partial charge < -0.3 is 25.2 Å². The van der Waals surface area contributed by atoms with Crippen molar-refractivity contribution in [3.05, 3.63) is 64.7 Å². The van der Waals surface area contributed by atoms with Gasteiger partial charge in [0.2, 0.25) is 5.91 Å². The van der Waals surface area contributed by atoms with Crippen LogP contribution >= 0.6 is 0 Å². The molecule has 3 N–H and O–H groups in total. The summed E-state index contributed by atoms with van der Waals surface area (Å²) in [6, 6.07) is 13.5. The van der Waals surface area contributed by atoms with Crippen LogP contribution in [0.1, 0.15) is 59.3 Å². The monoisotopic (exact) mass is 493 g/mol. The van der Waals surface area contributed by atoms with Crippen molar-refractivity contribution in [2.24, 2.45) is 5.73 Å². The van der Waals surface area contributed by atoms with Crippen LogP contribution in [-0.2, 0) is 27.5 Å².